The number of hydrogen-bond donors (Lipinski definition) is 2. The maximum Gasteiger partial charge on any atom is 0.190 e. The number of phenolic OH excluding ortho intramolecular Hbond substituents is 1. The first-order valence-electron chi connectivity index (χ1n) is 13.5. The third-order valence-electron chi connectivity index (χ3n) is 9.96. The number of ketones is 5. The lowest BCUT2D eigenvalue weighted by Gasteiger charge is -2.62. The van der Waals surface area contributed by atoms with Crippen molar-refractivity contribution in [2.45, 2.75) is 71.8 Å². The number of hydrogen-bond acceptors (Lipinski definition) is 8. The monoisotopic (exact) mass is 524 g/mol. The van der Waals surface area contributed by atoms with Gasteiger partial charge in [-0.25, -0.2) is 0 Å². The third kappa shape index (κ3) is 3.32. The molecular weight excluding hydrogens is 488 g/mol. The lowest BCUT2D eigenvalue weighted by atomic mass is 9.39. The number of fused-ring (bicyclic) bond motifs is 3. The minimum absolute atomic E-state index is 0.0614. The first-order valence-corrected chi connectivity index (χ1v) is 13.5. The average Bonchev–Trinajstić information content (AvgIpc) is 2.81. The smallest absolute Gasteiger partial charge is 0.190 e. The zero-order chi connectivity index (χ0) is 27.9. The number of ether oxygens (including phenoxy) is 1. The highest BCUT2D eigenvalue weighted by Crippen LogP contribution is 2.64. The Labute approximate surface area is 222 Å². The van der Waals surface area contributed by atoms with Gasteiger partial charge in [0.2, 0.25) is 0 Å². The first-order chi connectivity index (χ1) is 17.7. The van der Waals surface area contributed by atoms with Gasteiger partial charge in [-0.3, -0.25) is 24.0 Å². The Hall–Kier alpha value is -2.71. The number of benzene rings is 1. The van der Waals surface area contributed by atoms with Crippen molar-refractivity contribution in [1.29, 1.82) is 0 Å². The SMILES string of the molecule is CC(=O)C1C(=O)C(C(C)C)[C@@]2(C)C[C@@]3(C)Cc4c(C5CCOCC5)ccc(O)c4C(=O)C3C(=O)[C@@]2(O)C1=O. The summed E-state index contributed by atoms with van der Waals surface area (Å²) in [5.74, 6) is -8.52. The molecule has 3 fully saturated rings. The van der Waals surface area contributed by atoms with E-state index in [1.807, 2.05) is 13.0 Å². The fourth-order valence-corrected chi connectivity index (χ4v) is 8.55. The van der Waals surface area contributed by atoms with E-state index in [2.05, 4.69) is 0 Å². The number of aliphatic hydroxyl groups is 1. The number of phenols is 1. The van der Waals surface area contributed by atoms with Gasteiger partial charge in [0.1, 0.15) is 17.5 Å². The van der Waals surface area contributed by atoms with E-state index < -0.39 is 63.1 Å². The van der Waals surface area contributed by atoms with Gasteiger partial charge in [0.15, 0.2) is 28.7 Å². The Kier molecular flexibility index (Phi) is 6.12. The predicted octanol–water partition coefficient (Wildman–Crippen LogP) is 2.99. The molecule has 3 aliphatic carbocycles. The lowest BCUT2D eigenvalue weighted by Crippen LogP contribution is -2.76. The van der Waals surface area contributed by atoms with Crippen molar-refractivity contribution in [1.82, 2.24) is 0 Å². The molecule has 38 heavy (non-hydrogen) atoms. The second-order valence-corrected chi connectivity index (χ2v) is 12.7. The van der Waals surface area contributed by atoms with Crippen LogP contribution in [0.2, 0.25) is 0 Å². The Bertz CT molecular complexity index is 1270. The molecule has 0 amide bonds. The first kappa shape index (κ1) is 26.9. The van der Waals surface area contributed by atoms with Crippen LogP contribution in [0.5, 0.6) is 5.75 Å². The van der Waals surface area contributed by atoms with Crippen LogP contribution in [0, 0.1) is 34.5 Å². The van der Waals surface area contributed by atoms with E-state index in [1.54, 1.807) is 20.8 Å². The van der Waals surface area contributed by atoms with Gasteiger partial charge in [0, 0.05) is 24.5 Å². The Morgan fingerprint density at radius 3 is 2.26 bits per heavy atom. The molecule has 8 heteroatoms. The molecule has 6 atom stereocenters. The molecular formula is C30H36O8. The van der Waals surface area contributed by atoms with Gasteiger partial charge < -0.3 is 14.9 Å². The molecule has 204 valence electrons. The number of carbonyl (C=O) groups is 5. The van der Waals surface area contributed by atoms with E-state index in [0.29, 0.717) is 18.8 Å². The van der Waals surface area contributed by atoms with Crippen molar-refractivity contribution in [3.05, 3.63) is 28.8 Å². The van der Waals surface area contributed by atoms with Gasteiger partial charge in [0.25, 0.3) is 0 Å². The molecule has 8 nitrogen and oxygen atoms in total. The quantitative estimate of drug-likeness (QED) is 0.576. The highest BCUT2D eigenvalue weighted by Gasteiger charge is 2.76. The van der Waals surface area contributed by atoms with Gasteiger partial charge in [-0.2, -0.15) is 0 Å². The van der Waals surface area contributed by atoms with E-state index in [0.717, 1.165) is 25.3 Å². The maximum atomic E-state index is 14.3. The van der Waals surface area contributed by atoms with Crippen molar-refractivity contribution in [3.8, 4) is 5.75 Å². The van der Waals surface area contributed by atoms with Crippen LogP contribution in [0.4, 0.5) is 0 Å². The average molecular weight is 525 g/mol. The standard InChI is InChI=1S/C30H36O8/c1-14(2)22-24(33)20(15(3)31)26(35)30(37)27(36)23-25(34)21-18(12-28(23,4)13-29(22,30)5)17(6-7-19(21)32)16-8-10-38-11-9-16/h6-7,14,16,20,22-23,32,37H,8-13H2,1-5H3/t20?,22?,23?,28-,29-,30+/m1/s1. The predicted molar refractivity (Wildman–Crippen MR) is 136 cm³/mol. The van der Waals surface area contributed by atoms with Crippen LogP contribution in [-0.2, 0) is 30.3 Å². The largest absolute Gasteiger partial charge is 0.507 e. The van der Waals surface area contributed by atoms with Crippen LogP contribution in [-0.4, -0.2) is 57.9 Å². The highest BCUT2D eigenvalue weighted by atomic mass is 16.5. The summed E-state index contributed by atoms with van der Waals surface area (Å²) in [7, 11) is 0. The molecule has 2 N–H and O–H groups in total. The summed E-state index contributed by atoms with van der Waals surface area (Å²) in [6.07, 6.45) is 1.88. The van der Waals surface area contributed by atoms with Gasteiger partial charge in [-0.05, 0) is 67.1 Å². The molecule has 0 aromatic heterocycles. The van der Waals surface area contributed by atoms with Crippen molar-refractivity contribution >= 4 is 28.9 Å². The van der Waals surface area contributed by atoms with Gasteiger partial charge in [-0.1, -0.05) is 33.8 Å². The van der Waals surface area contributed by atoms with E-state index in [-0.39, 0.29) is 36.0 Å². The van der Waals surface area contributed by atoms with E-state index >= 15 is 0 Å². The third-order valence-corrected chi connectivity index (χ3v) is 9.96. The molecule has 0 spiro atoms. The summed E-state index contributed by atoms with van der Waals surface area (Å²) in [6.45, 7) is 9.25. The molecule has 1 aromatic carbocycles. The van der Waals surface area contributed by atoms with E-state index in [1.165, 1.54) is 6.07 Å². The van der Waals surface area contributed by atoms with Gasteiger partial charge in [-0.15, -0.1) is 0 Å². The summed E-state index contributed by atoms with van der Waals surface area (Å²) >= 11 is 0. The second kappa shape index (κ2) is 8.65. The minimum Gasteiger partial charge on any atom is -0.507 e. The van der Waals surface area contributed by atoms with Crippen LogP contribution >= 0.6 is 0 Å². The fourth-order valence-electron chi connectivity index (χ4n) is 8.55. The van der Waals surface area contributed by atoms with Crippen LogP contribution in [0.25, 0.3) is 0 Å². The molecule has 0 bridgehead atoms. The van der Waals surface area contributed by atoms with Crippen LogP contribution in [0.3, 0.4) is 0 Å². The summed E-state index contributed by atoms with van der Waals surface area (Å²) in [5, 5.41) is 22.9. The Morgan fingerprint density at radius 1 is 1.05 bits per heavy atom. The number of Topliss-reactive ketones (excluding diaryl/α,β-unsaturated/α-hetero) is 5. The second-order valence-electron chi connectivity index (χ2n) is 12.7. The van der Waals surface area contributed by atoms with Crippen LogP contribution in [0.1, 0.15) is 81.3 Å². The highest BCUT2D eigenvalue weighted by molar-refractivity contribution is 6.32. The minimum atomic E-state index is -2.67. The van der Waals surface area contributed by atoms with Crippen LogP contribution in [0.15, 0.2) is 12.1 Å². The van der Waals surface area contributed by atoms with Crippen molar-refractivity contribution in [2.75, 3.05) is 13.2 Å². The summed E-state index contributed by atoms with van der Waals surface area (Å²) < 4.78 is 5.52. The summed E-state index contributed by atoms with van der Waals surface area (Å²) in [4.78, 5) is 68.1. The normalized spacial score (nSPS) is 37.6. The topological polar surface area (TPSA) is 135 Å². The molecule has 3 unspecified atom stereocenters. The molecule has 2 saturated carbocycles. The van der Waals surface area contributed by atoms with Gasteiger partial charge in [0.05, 0.1) is 11.5 Å². The van der Waals surface area contributed by atoms with Crippen molar-refractivity contribution in [2.24, 2.45) is 34.5 Å². The zero-order valence-corrected chi connectivity index (χ0v) is 22.6. The fraction of sp³-hybridized carbons (Fsp3) is 0.633. The van der Waals surface area contributed by atoms with E-state index in [9.17, 15) is 34.2 Å². The van der Waals surface area contributed by atoms with E-state index in [4.69, 9.17) is 4.74 Å². The molecule has 5 rings (SSSR count). The number of carbonyl (C=O) groups excluding carboxylic acids is 5. The Morgan fingerprint density at radius 2 is 1.68 bits per heavy atom. The van der Waals surface area contributed by atoms with Crippen molar-refractivity contribution < 1.29 is 38.9 Å². The number of aromatic hydroxyl groups is 1. The Balaban J connectivity index is 1.71. The maximum absolute atomic E-state index is 14.3. The molecule has 4 aliphatic rings. The van der Waals surface area contributed by atoms with Crippen molar-refractivity contribution in [3.63, 3.8) is 0 Å². The van der Waals surface area contributed by atoms with Gasteiger partial charge >= 0.3 is 0 Å². The lowest BCUT2D eigenvalue weighted by molar-refractivity contribution is -0.205. The molecule has 1 saturated heterocycles. The molecule has 0 radical (unpaired) electrons. The summed E-state index contributed by atoms with van der Waals surface area (Å²) in [6, 6.07) is 3.31. The molecule has 1 aliphatic heterocycles. The van der Waals surface area contributed by atoms with Crippen LogP contribution < -0.4 is 0 Å². The number of rotatable bonds is 3. The summed E-state index contributed by atoms with van der Waals surface area (Å²) in [5.41, 5.74) is -3.47. The molecule has 1 heterocycles. The zero-order valence-electron chi connectivity index (χ0n) is 22.6. The molecule has 1 aromatic rings.